The topological polar surface area (TPSA) is 93.7 Å². The molecule has 3 heterocycles. The number of aromatic nitrogens is 2. The first-order valence-corrected chi connectivity index (χ1v) is 15.5. The number of Topliss-reactive ketones (excluding diaryl/α,β-unsaturated/α-hetero) is 1. The highest BCUT2D eigenvalue weighted by molar-refractivity contribution is 6.48. The molecule has 0 bridgehead atoms. The van der Waals surface area contributed by atoms with Crippen LogP contribution in [-0.2, 0) is 25.3 Å². The fourth-order valence-corrected chi connectivity index (χ4v) is 5.69. The highest BCUT2D eigenvalue weighted by atomic mass is 16.7. The minimum Gasteiger partial charge on any atom is -0.402 e. The molecule has 0 unspecified atom stereocenters. The van der Waals surface area contributed by atoms with Crippen LogP contribution in [0.25, 0.3) is 11.3 Å². The lowest BCUT2D eigenvalue weighted by atomic mass is 9.75. The molecule has 5 rings (SSSR count). The van der Waals surface area contributed by atoms with Crippen molar-refractivity contribution in [2.75, 3.05) is 11.4 Å². The second-order valence-corrected chi connectivity index (χ2v) is 12.7. The van der Waals surface area contributed by atoms with Gasteiger partial charge in [-0.05, 0) is 58.6 Å². The second kappa shape index (κ2) is 13.0. The lowest BCUT2D eigenvalue weighted by Gasteiger charge is -2.40. The van der Waals surface area contributed by atoms with Gasteiger partial charge in [0.1, 0.15) is 0 Å². The largest absolute Gasteiger partial charge is 0.481 e. The predicted molar refractivity (Wildman–Crippen MR) is 169 cm³/mol. The van der Waals surface area contributed by atoms with Crippen molar-refractivity contribution in [3.8, 4) is 11.3 Å². The molecule has 1 N–H and O–H groups in total. The van der Waals surface area contributed by atoms with E-state index in [-0.39, 0.29) is 30.1 Å². The first-order chi connectivity index (χ1) is 20.6. The van der Waals surface area contributed by atoms with Gasteiger partial charge in [0.05, 0.1) is 28.9 Å². The Labute approximate surface area is 255 Å². The van der Waals surface area contributed by atoms with E-state index in [2.05, 4.69) is 17.2 Å². The summed E-state index contributed by atoms with van der Waals surface area (Å²) in [5.74, 6) is -0.437. The first-order valence-electron chi connectivity index (χ1n) is 15.5. The first kappa shape index (κ1) is 30.9. The molecule has 9 heteroatoms. The van der Waals surface area contributed by atoms with Gasteiger partial charge in [-0.25, -0.2) is 9.97 Å². The molecule has 3 atom stereocenters. The third-order valence-electron chi connectivity index (χ3n) is 9.03. The molecular weight excluding hydrogens is 539 g/mol. The number of nitrogens with zero attached hydrogens (tertiary/aromatic N) is 3. The van der Waals surface area contributed by atoms with Crippen LogP contribution in [0.5, 0.6) is 0 Å². The zero-order valence-electron chi connectivity index (χ0n) is 26.0. The summed E-state index contributed by atoms with van der Waals surface area (Å²) in [6, 6.07) is 21.3. The third-order valence-corrected chi connectivity index (χ3v) is 9.03. The number of nitrogens with one attached hydrogen (secondary N) is 1. The van der Waals surface area contributed by atoms with Gasteiger partial charge in [0, 0.05) is 30.6 Å². The molecule has 1 aromatic heterocycles. The van der Waals surface area contributed by atoms with Crippen LogP contribution >= 0.6 is 0 Å². The van der Waals surface area contributed by atoms with Crippen LogP contribution in [0.1, 0.15) is 65.9 Å². The maximum Gasteiger partial charge on any atom is 0.481 e. The molecule has 2 fully saturated rings. The standard InChI is InChI=1S/C34H43BN4O4/c1-6-13-30(35-42-33(2,3)34(4,5)43-35)38-31(41)26(22-24-14-9-7-10-15-24)23-29(40)28-19-21-39(28)32-36-20-18-27(37-32)25-16-11-8-12-17-25/h7-12,14-18,20,26,28,30H,6,13,19,21-23H2,1-5H3,(H,38,41)/t26-,28+,30+/m1/s1. The van der Waals surface area contributed by atoms with Crippen molar-refractivity contribution < 1.29 is 18.9 Å². The van der Waals surface area contributed by atoms with E-state index in [9.17, 15) is 9.59 Å². The van der Waals surface area contributed by atoms with E-state index in [4.69, 9.17) is 14.3 Å². The van der Waals surface area contributed by atoms with E-state index < -0.39 is 24.2 Å². The van der Waals surface area contributed by atoms with Crippen molar-refractivity contribution in [1.82, 2.24) is 15.3 Å². The van der Waals surface area contributed by atoms with E-state index in [1.54, 1.807) is 6.20 Å². The van der Waals surface area contributed by atoms with Gasteiger partial charge in [0.15, 0.2) is 5.78 Å². The molecule has 0 radical (unpaired) electrons. The zero-order chi connectivity index (χ0) is 30.6. The Balaban J connectivity index is 1.31. The molecule has 2 aromatic carbocycles. The molecular formula is C34H43BN4O4. The molecule has 3 aromatic rings. The summed E-state index contributed by atoms with van der Waals surface area (Å²) in [6.07, 6.45) is 4.61. The Morgan fingerprint density at radius 2 is 1.65 bits per heavy atom. The van der Waals surface area contributed by atoms with E-state index in [0.29, 0.717) is 31.8 Å². The quantitative estimate of drug-likeness (QED) is 0.284. The summed E-state index contributed by atoms with van der Waals surface area (Å²) >= 11 is 0. The van der Waals surface area contributed by atoms with Crippen LogP contribution in [0.4, 0.5) is 5.95 Å². The third kappa shape index (κ3) is 6.99. The molecule has 0 aliphatic carbocycles. The number of rotatable bonds is 12. The predicted octanol–water partition coefficient (Wildman–Crippen LogP) is 5.46. The van der Waals surface area contributed by atoms with Gasteiger partial charge in [-0.2, -0.15) is 0 Å². The van der Waals surface area contributed by atoms with Crippen molar-refractivity contribution in [2.24, 2.45) is 5.92 Å². The van der Waals surface area contributed by atoms with Crippen molar-refractivity contribution in [2.45, 2.75) is 89.9 Å². The summed E-state index contributed by atoms with van der Waals surface area (Å²) in [5.41, 5.74) is 1.83. The summed E-state index contributed by atoms with van der Waals surface area (Å²) in [4.78, 5) is 38.9. The lowest BCUT2D eigenvalue weighted by molar-refractivity contribution is -0.130. The number of hydrogen-bond acceptors (Lipinski definition) is 7. The molecule has 0 spiro atoms. The number of ketones is 1. The van der Waals surface area contributed by atoms with Gasteiger partial charge < -0.3 is 19.5 Å². The minimum atomic E-state index is -0.557. The molecule has 226 valence electrons. The van der Waals surface area contributed by atoms with Crippen LogP contribution in [0.3, 0.4) is 0 Å². The maximum atomic E-state index is 13.9. The number of carbonyl (C=O) groups is 2. The molecule has 2 saturated heterocycles. The summed E-state index contributed by atoms with van der Waals surface area (Å²) < 4.78 is 12.6. The normalized spacial score (nSPS) is 20.3. The van der Waals surface area contributed by atoms with Crippen molar-refractivity contribution in [3.05, 3.63) is 78.5 Å². The van der Waals surface area contributed by atoms with Gasteiger partial charge in [0.25, 0.3) is 0 Å². The highest BCUT2D eigenvalue weighted by Crippen LogP contribution is 2.38. The van der Waals surface area contributed by atoms with E-state index in [1.807, 2.05) is 99.3 Å². The number of benzene rings is 2. The number of carbonyl (C=O) groups excluding carboxylic acids is 2. The lowest BCUT2D eigenvalue weighted by Crippen LogP contribution is -2.54. The molecule has 8 nitrogen and oxygen atoms in total. The van der Waals surface area contributed by atoms with Gasteiger partial charge in [-0.15, -0.1) is 0 Å². The fraction of sp³-hybridized carbons (Fsp3) is 0.471. The van der Waals surface area contributed by atoms with E-state index in [0.717, 1.165) is 23.2 Å². The van der Waals surface area contributed by atoms with Crippen molar-refractivity contribution in [1.29, 1.82) is 0 Å². The van der Waals surface area contributed by atoms with E-state index in [1.165, 1.54) is 0 Å². The van der Waals surface area contributed by atoms with Crippen LogP contribution in [-0.4, -0.2) is 58.5 Å². The van der Waals surface area contributed by atoms with Gasteiger partial charge in [-0.1, -0.05) is 74.0 Å². The summed E-state index contributed by atoms with van der Waals surface area (Å²) in [5, 5.41) is 3.23. The average Bonchev–Trinajstić information content (AvgIpc) is 3.19. The van der Waals surface area contributed by atoms with Gasteiger partial charge in [-0.3, -0.25) is 9.59 Å². The molecule has 43 heavy (non-hydrogen) atoms. The molecule has 2 aliphatic rings. The SMILES string of the molecule is CCC[C@H](NC(=O)[C@@H](CC(=O)[C@@H]1CCN1c1nccc(-c2ccccc2)n1)Cc1ccccc1)B1OC(C)(C)C(C)(C)O1. The Bertz CT molecular complexity index is 1390. The van der Waals surface area contributed by atoms with Crippen molar-refractivity contribution in [3.63, 3.8) is 0 Å². The number of amides is 1. The second-order valence-electron chi connectivity index (χ2n) is 12.7. The smallest absolute Gasteiger partial charge is 0.402 e. The number of anilines is 1. The summed E-state index contributed by atoms with van der Waals surface area (Å²) in [7, 11) is -0.557. The fourth-order valence-electron chi connectivity index (χ4n) is 5.69. The van der Waals surface area contributed by atoms with Crippen LogP contribution < -0.4 is 10.2 Å². The van der Waals surface area contributed by atoms with Crippen LogP contribution in [0.15, 0.2) is 72.9 Å². The molecule has 2 aliphatic heterocycles. The average molecular weight is 583 g/mol. The molecule has 0 saturated carbocycles. The minimum absolute atomic E-state index is 0.0266. The van der Waals surface area contributed by atoms with Crippen molar-refractivity contribution >= 4 is 24.8 Å². The van der Waals surface area contributed by atoms with E-state index >= 15 is 0 Å². The monoisotopic (exact) mass is 582 g/mol. The van der Waals surface area contributed by atoms with Crippen LogP contribution in [0.2, 0.25) is 0 Å². The Hall–Kier alpha value is -3.56. The Kier molecular flexibility index (Phi) is 9.32. The van der Waals surface area contributed by atoms with Gasteiger partial charge >= 0.3 is 7.12 Å². The maximum absolute atomic E-state index is 13.9. The zero-order valence-corrected chi connectivity index (χ0v) is 26.0. The molecule has 1 amide bonds. The highest BCUT2D eigenvalue weighted by Gasteiger charge is 2.54. The number of hydrogen-bond donors (Lipinski definition) is 1. The summed E-state index contributed by atoms with van der Waals surface area (Å²) in [6.45, 7) is 10.8. The van der Waals surface area contributed by atoms with Gasteiger partial charge in [0.2, 0.25) is 11.9 Å². The Morgan fingerprint density at radius 3 is 2.26 bits per heavy atom. The van der Waals surface area contributed by atoms with Crippen LogP contribution in [0, 0.1) is 5.92 Å². The Morgan fingerprint density at radius 1 is 1.00 bits per heavy atom.